The summed E-state index contributed by atoms with van der Waals surface area (Å²) < 4.78 is 0. The van der Waals surface area contributed by atoms with Crippen LogP contribution in [-0.4, -0.2) is 56.4 Å². The second kappa shape index (κ2) is 12.1. The zero-order valence-corrected chi connectivity index (χ0v) is 19.2. The number of hydrogen-bond donors (Lipinski definition) is 3. The lowest BCUT2D eigenvalue weighted by atomic mass is 9.92. The van der Waals surface area contributed by atoms with Crippen molar-refractivity contribution in [1.29, 1.82) is 0 Å². The Morgan fingerprint density at radius 2 is 1.92 bits per heavy atom. The summed E-state index contributed by atoms with van der Waals surface area (Å²) in [6.45, 7) is 7.29. The molecule has 0 aliphatic heterocycles. The highest BCUT2D eigenvalue weighted by Crippen LogP contribution is 2.13. The molecule has 1 heterocycles. The van der Waals surface area contributed by atoms with Gasteiger partial charge in [-0.05, 0) is 32.2 Å². The number of rotatable bonds is 8. The zero-order chi connectivity index (χ0) is 18.9. The molecule has 0 saturated carbocycles. The Morgan fingerprint density at radius 3 is 2.46 bits per heavy atom. The lowest BCUT2D eigenvalue weighted by Crippen LogP contribution is -2.48. The largest absolute Gasteiger partial charge is 0.356 e. The molecule has 1 aromatic heterocycles. The van der Waals surface area contributed by atoms with E-state index in [1.165, 1.54) is 4.90 Å². The van der Waals surface area contributed by atoms with Crippen LogP contribution in [0.25, 0.3) is 0 Å². The van der Waals surface area contributed by atoms with Crippen molar-refractivity contribution in [3.63, 3.8) is 0 Å². The molecule has 0 unspecified atom stereocenters. The highest BCUT2D eigenvalue weighted by molar-refractivity contribution is 14.0. The maximum Gasteiger partial charge on any atom is 0.243 e. The van der Waals surface area contributed by atoms with Gasteiger partial charge < -0.3 is 20.9 Å². The summed E-state index contributed by atoms with van der Waals surface area (Å²) in [7, 11) is 3.39. The standard InChI is InChI=1S/C17H29N5O2S.HI/c1-6-18-15(24)17(2,3)12-21-16(20-11-14(23)22(4)5)19-10-13-8-7-9-25-13;/h7-9H,6,10-12H2,1-5H3,(H,18,24)(H2,19,20,21);1H. The summed E-state index contributed by atoms with van der Waals surface area (Å²) in [6, 6.07) is 4.01. The summed E-state index contributed by atoms with van der Waals surface area (Å²) in [5.41, 5.74) is -0.590. The molecule has 9 heteroatoms. The van der Waals surface area contributed by atoms with Gasteiger partial charge in [-0.1, -0.05) is 6.07 Å². The van der Waals surface area contributed by atoms with Crippen LogP contribution in [0, 0.1) is 5.41 Å². The van der Waals surface area contributed by atoms with E-state index < -0.39 is 5.41 Å². The lowest BCUT2D eigenvalue weighted by Gasteiger charge is -2.25. The highest BCUT2D eigenvalue weighted by atomic mass is 127. The van der Waals surface area contributed by atoms with E-state index in [0.717, 1.165) is 4.88 Å². The molecule has 0 saturated heterocycles. The van der Waals surface area contributed by atoms with Crippen LogP contribution < -0.4 is 16.0 Å². The summed E-state index contributed by atoms with van der Waals surface area (Å²) in [5, 5.41) is 11.2. The number of thiophene rings is 1. The predicted molar refractivity (Wildman–Crippen MR) is 118 cm³/mol. The molecule has 0 aliphatic carbocycles. The molecule has 26 heavy (non-hydrogen) atoms. The molecular formula is C17H30IN5O2S. The Bertz CT molecular complexity index is 588. The third-order valence-corrected chi connectivity index (χ3v) is 4.41. The van der Waals surface area contributed by atoms with Gasteiger partial charge in [0.25, 0.3) is 0 Å². The fourth-order valence-electron chi connectivity index (χ4n) is 1.83. The molecule has 0 radical (unpaired) electrons. The molecule has 3 N–H and O–H groups in total. The third kappa shape index (κ3) is 8.84. The number of carbonyl (C=O) groups is 2. The maximum absolute atomic E-state index is 12.1. The average molecular weight is 495 g/mol. The van der Waals surface area contributed by atoms with E-state index in [9.17, 15) is 9.59 Å². The smallest absolute Gasteiger partial charge is 0.243 e. The SMILES string of the molecule is CCNC(=O)C(C)(C)CNC(=NCC(=O)N(C)C)NCc1cccs1.I. The summed E-state index contributed by atoms with van der Waals surface area (Å²) in [5.74, 6) is 0.408. The normalized spacial score (nSPS) is 11.3. The molecular weight excluding hydrogens is 465 g/mol. The van der Waals surface area contributed by atoms with Crippen LogP contribution in [0.1, 0.15) is 25.6 Å². The Morgan fingerprint density at radius 1 is 1.23 bits per heavy atom. The van der Waals surface area contributed by atoms with Crippen LogP contribution >= 0.6 is 35.3 Å². The van der Waals surface area contributed by atoms with Crippen molar-refractivity contribution in [1.82, 2.24) is 20.9 Å². The second-order valence-electron chi connectivity index (χ2n) is 6.48. The molecule has 0 aliphatic rings. The van der Waals surface area contributed by atoms with E-state index in [2.05, 4.69) is 20.9 Å². The van der Waals surface area contributed by atoms with Crippen molar-refractivity contribution in [2.45, 2.75) is 27.3 Å². The number of aliphatic imine (C=N–C) groups is 1. The summed E-state index contributed by atoms with van der Waals surface area (Å²) in [4.78, 5) is 30.9. The van der Waals surface area contributed by atoms with E-state index >= 15 is 0 Å². The van der Waals surface area contributed by atoms with Crippen molar-refractivity contribution < 1.29 is 9.59 Å². The van der Waals surface area contributed by atoms with Crippen molar-refractivity contribution in [3.05, 3.63) is 22.4 Å². The Hall–Kier alpha value is -1.36. The first kappa shape index (κ1) is 24.6. The van der Waals surface area contributed by atoms with Gasteiger partial charge >= 0.3 is 0 Å². The Labute approximate surface area is 177 Å². The first-order valence-electron chi connectivity index (χ1n) is 8.29. The average Bonchev–Trinajstić information content (AvgIpc) is 3.07. The van der Waals surface area contributed by atoms with Crippen LogP contribution in [0.5, 0.6) is 0 Å². The molecule has 7 nitrogen and oxygen atoms in total. The van der Waals surface area contributed by atoms with Crippen LogP contribution in [-0.2, 0) is 16.1 Å². The number of halogens is 1. The molecule has 1 aromatic rings. The number of nitrogens with zero attached hydrogens (tertiary/aromatic N) is 2. The van der Waals surface area contributed by atoms with Crippen LogP contribution in [0.2, 0.25) is 0 Å². The number of likely N-dealkylation sites (N-methyl/N-ethyl adjacent to an activating group) is 1. The molecule has 0 atom stereocenters. The van der Waals surface area contributed by atoms with Gasteiger partial charge in [-0.2, -0.15) is 0 Å². The van der Waals surface area contributed by atoms with E-state index in [0.29, 0.717) is 25.6 Å². The number of carbonyl (C=O) groups excluding carboxylic acids is 2. The van der Waals surface area contributed by atoms with Crippen LogP contribution in [0.15, 0.2) is 22.5 Å². The minimum absolute atomic E-state index is 0. The van der Waals surface area contributed by atoms with E-state index in [1.54, 1.807) is 25.4 Å². The molecule has 0 aromatic carbocycles. The third-order valence-electron chi connectivity index (χ3n) is 3.53. The highest BCUT2D eigenvalue weighted by Gasteiger charge is 2.27. The Kier molecular flexibility index (Phi) is 11.5. The van der Waals surface area contributed by atoms with Crippen LogP contribution in [0.3, 0.4) is 0 Å². The zero-order valence-electron chi connectivity index (χ0n) is 16.1. The van der Waals surface area contributed by atoms with Crippen LogP contribution in [0.4, 0.5) is 0 Å². The molecule has 148 valence electrons. The van der Waals surface area contributed by atoms with Gasteiger partial charge in [-0.15, -0.1) is 35.3 Å². The number of guanidine groups is 1. The van der Waals surface area contributed by atoms with E-state index in [-0.39, 0.29) is 42.3 Å². The van der Waals surface area contributed by atoms with Gasteiger partial charge in [0.15, 0.2) is 5.96 Å². The van der Waals surface area contributed by atoms with Gasteiger partial charge in [0.1, 0.15) is 6.54 Å². The molecule has 2 amide bonds. The van der Waals surface area contributed by atoms with Crippen molar-refractivity contribution in [3.8, 4) is 0 Å². The monoisotopic (exact) mass is 495 g/mol. The minimum Gasteiger partial charge on any atom is -0.356 e. The minimum atomic E-state index is -0.590. The van der Waals surface area contributed by atoms with E-state index in [4.69, 9.17) is 0 Å². The van der Waals surface area contributed by atoms with Crippen molar-refractivity contribution >= 4 is 53.1 Å². The molecule has 1 rings (SSSR count). The topological polar surface area (TPSA) is 85.8 Å². The molecule has 0 fully saturated rings. The number of amides is 2. The van der Waals surface area contributed by atoms with Gasteiger partial charge in [0.05, 0.1) is 12.0 Å². The van der Waals surface area contributed by atoms with Gasteiger partial charge in [-0.25, -0.2) is 4.99 Å². The first-order valence-corrected chi connectivity index (χ1v) is 9.17. The number of nitrogens with one attached hydrogen (secondary N) is 3. The summed E-state index contributed by atoms with van der Waals surface area (Å²) >= 11 is 1.64. The molecule has 0 bridgehead atoms. The van der Waals surface area contributed by atoms with Gasteiger partial charge in [0.2, 0.25) is 11.8 Å². The fourth-order valence-corrected chi connectivity index (χ4v) is 2.48. The van der Waals surface area contributed by atoms with Gasteiger partial charge in [-0.3, -0.25) is 9.59 Å². The summed E-state index contributed by atoms with van der Waals surface area (Å²) in [6.07, 6.45) is 0. The van der Waals surface area contributed by atoms with Gasteiger partial charge in [0, 0.05) is 32.1 Å². The first-order chi connectivity index (χ1) is 11.8. The Balaban J connectivity index is 0.00000625. The predicted octanol–water partition coefficient (Wildman–Crippen LogP) is 1.65. The second-order valence-corrected chi connectivity index (χ2v) is 7.52. The maximum atomic E-state index is 12.1. The fraction of sp³-hybridized carbons (Fsp3) is 0.588. The quantitative estimate of drug-likeness (QED) is 0.291. The lowest BCUT2D eigenvalue weighted by molar-refractivity contribution is -0.129. The molecule has 0 spiro atoms. The van der Waals surface area contributed by atoms with Crippen molar-refractivity contribution in [2.24, 2.45) is 10.4 Å². The number of hydrogen-bond acceptors (Lipinski definition) is 4. The van der Waals surface area contributed by atoms with Crippen molar-refractivity contribution in [2.75, 3.05) is 33.7 Å². The van der Waals surface area contributed by atoms with E-state index in [1.807, 2.05) is 38.3 Å².